The number of ether oxygens (including phenoxy) is 1. The highest BCUT2D eigenvalue weighted by molar-refractivity contribution is 7.99. The van der Waals surface area contributed by atoms with Gasteiger partial charge in [0.1, 0.15) is 0 Å². The maximum absolute atomic E-state index is 6.10. The number of thioether (sulfide) groups is 1. The maximum atomic E-state index is 6.10. The third kappa shape index (κ3) is 4.78. The van der Waals surface area contributed by atoms with Gasteiger partial charge in [-0.2, -0.15) is 11.8 Å². The molecule has 4 heteroatoms. The molecule has 2 rings (SSSR count). The van der Waals surface area contributed by atoms with Gasteiger partial charge < -0.3 is 10.1 Å². The first-order valence-corrected chi connectivity index (χ1v) is 8.20. The second kappa shape index (κ2) is 7.62. The summed E-state index contributed by atoms with van der Waals surface area (Å²) in [6, 6.07) is 0. The van der Waals surface area contributed by atoms with E-state index in [9.17, 15) is 0 Å². The summed E-state index contributed by atoms with van der Waals surface area (Å²) in [5.74, 6) is 2.64. The Morgan fingerprint density at radius 2 is 2.12 bits per heavy atom. The Morgan fingerprint density at radius 3 is 3.00 bits per heavy atom. The highest BCUT2D eigenvalue weighted by Gasteiger charge is 2.26. The van der Waals surface area contributed by atoms with Gasteiger partial charge in [0.15, 0.2) is 0 Å². The highest BCUT2D eigenvalue weighted by atomic mass is 32.2. The number of hydrogen-bond donors (Lipinski definition) is 1. The van der Waals surface area contributed by atoms with Crippen LogP contribution in [0.3, 0.4) is 0 Å². The zero-order valence-electron chi connectivity index (χ0n) is 11.0. The minimum Gasteiger partial charge on any atom is -0.372 e. The molecule has 2 heterocycles. The lowest BCUT2D eigenvalue weighted by Gasteiger charge is -2.23. The standard InChI is InChI=1S/C13H26N2OS/c1-2-14-10-12-4-5-13(16-12)11-15-6-3-8-17-9-7-15/h12-14H,2-11H2,1H3. The molecule has 2 fully saturated rings. The molecule has 100 valence electrons. The minimum atomic E-state index is 0.460. The Bertz CT molecular complexity index is 208. The molecule has 2 aliphatic rings. The Kier molecular flexibility index (Phi) is 6.12. The quantitative estimate of drug-likeness (QED) is 0.809. The van der Waals surface area contributed by atoms with Gasteiger partial charge in [0, 0.05) is 25.4 Å². The Balaban J connectivity index is 1.65. The summed E-state index contributed by atoms with van der Waals surface area (Å²) < 4.78 is 6.10. The van der Waals surface area contributed by atoms with Crippen molar-refractivity contribution in [3.63, 3.8) is 0 Å². The first-order valence-electron chi connectivity index (χ1n) is 7.04. The van der Waals surface area contributed by atoms with Crippen molar-refractivity contribution in [1.82, 2.24) is 10.2 Å². The van der Waals surface area contributed by atoms with Gasteiger partial charge in [0.05, 0.1) is 12.2 Å². The molecule has 0 aromatic rings. The van der Waals surface area contributed by atoms with Crippen LogP contribution in [0.2, 0.25) is 0 Å². The summed E-state index contributed by atoms with van der Waals surface area (Å²) in [6.07, 6.45) is 4.78. The monoisotopic (exact) mass is 258 g/mol. The second-order valence-corrected chi connectivity index (χ2v) is 6.26. The van der Waals surface area contributed by atoms with Gasteiger partial charge in [-0.25, -0.2) is 0 Å². The molecule has 2 aliphatic heterocycles. The number of nitrogens with one attached hydrogen (secondary N) is 1. The van der Waals surface area contributed by atoms with Gasteiger partial charge in [0.25, 0.3) is 0 Å². The summed E-state index contributed by atoms with van der Waals surface area (Å²) >= 11 is 2.10. The molecule has 0 saturated carbocycles. The van der Waals surface area contributed by atoms with Crippen LogP contribution >= 0.6 is 11.8 Å². The Morgan fingerprint density at radius 1 is 1.24 bits per heavy atom. The van der Waals surface area contributed by atoms with Crippen LogP contribution in [0, 0.1) is 0 Å². The molecule has 3 nitrogen and oxygen atoms in total. The van der Waals surface area contributed by atoms with Gasteiger partial charge in [-0.05, 0) is 38.1 Å². The lowest BCUT2D eigenvalue weighted by atomic mass is 10.2. The van der Waals surface area contributed by atoms with Crippen molar-refractivity contribution in [2.24, 2.45) is 0 Å². The maximum Gasteiger partial charge on any atom is 0.0707 e. The van der Waals surface area contributed by atoms with E-state index in [1.165, 1.54) is 43.9 Å². The summed E-state index contributed by atoms with van der Waals surface area (Å²) in [6.45, 7) is 7.91. The van der Waals surface area contributed by atoms with E-state index in [1.54, 1.807) is 0 Å². The number of rotatable bonds is 5. The van der Waals surface area contributed by atoms with Crippen molar-refractivity contribution in [1.29, 1.82) is 0 Å². The second-order valence-electron chi connectivity index (χ2n) is 5.03. The predicted molar refractivity (Wildman–Crippen MR) is 74.8 cm³/mol. The normalized spacial score (nSPS) is 31.6. The molecule has 1 N–H and O–H groups in total. The van der Waals surface area contributed by atoms with Crippen molar-refractivity contribution in [2.75, 3.05) is 44.2 Å². The number of likely N-dealkylation sites (N-methyl/N-ethyl adjacent to an activating group) is 1. The summed E-state index contributed by atoms with van der Waals surface area (Å²) in [4.78, 5) is 2.60. The van der Waals surface area contributed by atoms with Crippen LogP contribution in [0.25, 0.3) is 0 Å². The molecule has 0 aromatic heterocycles. The van der Waals surface area contributed by atoms with Crippen LogP contribution in [-0.4, -0.2) is 61.3 Å². The predicted octanol–water partition coefficient (Wildman–Crippen LogP) is 1.58. The fraction of sp³-hybridized carbons (Fsp3) is 1.00. The van der Waals surface area contributed by atoms with Crippen LogP contribution < -0.4 is 5.32 Å². The summed E-state index contributed by atoms with van der Waals surface area (Å²) in [7, 11) is 0. The van der Waals surface area contributed by atoms with Crippen molar-refractivity contribution in [3.05, 3.63) is 0 Å². The summed E-state index contributed by atoms with van der Waals surface area (Å²) in [5.41, 5.74) is 0. The first-order chi connectivity index (χ1) is 8.38. The van der Waals surface area contributed by atoms with Gasteiger partial charge >= 0.3 is 0 Å². The molecular formula is C13H26N2OS. The van der Waals surface area contributed by atoms with E-state index in [2.05, 4.69) is 28.9 Å². The molecule has 2 atom stereocenters. The topological polar surface area (TPSA) is 24.5 Å². The van der Waals surface area contributed by atoms with E-state index in [-0.39, 0.29) is 0 Å². The van der Waals surface area contributed by atoms with Crippen molar-refractivity contribution in [3.8, 4) is 0 Å². The zero-order chi connectivity index (χ0) is 11.9. The van der Waals surface area contributed by atoms with Crippen LogP contribution in [-0.2, 0) is 4.74 Å². The van der Waals surface area contributed by atoms with Crippen LogP contribution in [0.5, 0.6) is 0 Å². The van der Waals surface area contributed by atoms with Crippen LogP contribution in [0.15, 0.2) is 0 Å². The molecular weight excluding hydrogens is 232 g/mol. The lowest BCUT2D eigenvalue weighted by molar-refractivity contribution is 0.0250. The molecule has 0 bridgehead atoms. The smallest absolute Gasteiger partial charge is 0.0707 e. The molecule has 17 heavy (non-hydrogen) atoms. The fourth-order valence-corrected chi connectivity index (χ4v) is 3.56. The summed E-state index contributed by atoms with van der Waals surface area (Å²) in [5, 5.41) is 3.38. The molecule has 0 radical (unpaired) electrons. The molecule has 0 spiro atoms. The molecule has 0 aliphatic carbocycles. The third-order valence-electron chi connectivity index (χ3n) is 3.59. The van der Waals surface area contributed by atoms with E-state index >= 15 is 0 Å². The average molecular weight is 258 g/mol. The highest BCUT2D eigenvalue weighted by Crippen LogP contribution is 2.21. The Hall–Kier alpha value is 0.230. The molecule has 2 unspecified atom stereocenters. The third-order valence-corrected chi connectivity index (χ3v) is 4.64. The van der Waals surface area contributed by atoms with Crippen LogP contribution in [0.4, 0.5) is 0 Å². The van der Waals surface area contributed by atoms with Crippen molar-refractivity contribution in [2.45, 2.75) is 38.4 Å². The first kappa shape index (κ1) is 13.7. The van der Waals surface area contributed by atoms with Gasteiger partial charge in [-0.15, -0.1) is 0 Å². The van der Waals surface area contributed by atoms with E-state index in [0.29, 0.717) is 12.2 Å². The molecule has 0 aromatic carbocycles. The minimum absolute atomic E-state index is 0.460. The largest absolute Gasteiger partial charge is 0.372 e. The Labute approximate surface area is 110 Å². The molecule has 2 saturated heterocycles. The average Bonchev–Trinajstić information content (AvgIpc) is 2.61. The zero-order valence-corrected chi connectivity index (χ0v) is 11.8. The van der Waals surface area contributed by atoms with E-state index in [0.717, 1.165) is 19.6 Å². The van der Waals surface area contributed by atoms with E-state index in [1.807, 2.05) is 0 Å². The van der Waals surface area contributed by atoms with Crippen molar-refractivity contribution >= 4 is 11.8 Å². The van der Waals surface area contributed by atoms with Crippen molar-refractivity contribution < 1.29 is 4.74 Å². The number of nitrogens with zero attached hydrogens (tertiary/aromatic N) is 1. The van der Waals surface area contributed by atoms with E-state index < -0.39 is 0 Å². The molecule has 0 amide bonds. The van der Waals surface area contributed by atoms with Gasteiger partial charge in [-0.3, -0.25) is 4.90 Å². The van der Waals surface area contributed by atoms with Crippen LogP contribution in [0.1, 0.15) is 26.2 Å². The fourth-order valence-electron chi connectivity index (χ4n) is 2.64. The lowest BCUT2D eigenvalue weighted by Crippen LogP contribution is -2.35. The van der Waals surface area contributed by atoms with Gasteiger partial charge in [-0.1, -0.05) is 6.92 Å². The van der Waals surface area contributed by atoms with Gasteiger partial charge in [0.2, 0.25) is 0 Å². The van der Waals surface area contributed by atoms with E-state index in [4.69, 9.17) is 4.74 Å². The number of hydrogen-bond acceptors (Lipinski definition) is 4. The SMILES string of the molecule is CCNCC1CCC(CN2CCCSCC2)O1.